The fraction of sp³-hybridized carbons (Fsp3) is 0.276. The smallest absolute Gasteiger partial charge is 0.274 e. The van der Waals surface area contributed by atoms with Crippen molar-refractivity contribution in [2.24, 2.45) is 0 Å². The Morgan fingerprint density at radius 2 is 1.92 bits per heavy atom. The summed E-state index contributed by atoms with van der Waals surface area (Å²) in [4.78, 5) is 42.2. The Balaban J connectivity index is 1.56. The molecule has 0 spiro atoms. The summed E-state index contributed by atoms with van der Waals surface area (Å²) in [6.45, 7) is 6.31. The largest absolute Gasteiger partial charge is 0.483 e. The molecule has 9 heteroatoms. The first-order valence-corrected chi connectivity index (χ1v) is 12.4. The van der Waals surface area contributed by atoms with E-state index < -0.39 is 23.0 Å². The molecule has 2 atom stereocenters. The van der Waals surface area contributed by atoms with Crippen LogP contribution in [0.15, 0.2) is 71.7 Å². The fourth-order valence-corrected chi connectivity index (χ4v) is 4.94. The van der Waals surface area contributed by atoms with Crippen molar-refractivity contribution in [1.29, 1.82) is 0 Å². The van der Waals surface area contributed by atoms with Gasteiger partial charge in [-0.05, 0) is 31.4 Å². The first-order valence-electron chi connectivity index (χ1n) is 12.4. The van der Waals surface area contributed by atoms with Crippen LogP contribution in [0, 0.1) is 11.6 Å². The number of pyridine rings is 1. The van der Waals surface area contributed by atoms with Crippen molar-refractivity contribution in [2.75, 3.05) is 6.54 Å². The molecule has 2 aromatic carbocycles. The van der Waals surface area contributed by atoms with Gasteiger partial charge in [-0.15, -0.1) is 0 Å². The van der Waals surface area contributed by atoms with Crippen LogP contribution in [-0.4, -0.2) is 33.9 Å². The molecule has 1 aromatic heterocycles. The predicted molar refractivity (Wildman–Crippen MR) is 137 cm³/mol. The molecule has 2 bridgehead atoms. The second kappa shape index (κ2) is 10.2. The van der Waals surface area contributed by atoms with Gasteiger partial charge in [-0.1, -0.05) is 48.6 Å². The molecule has 0 saturated carbocycles. The molecule has 5 rings (SSSR count). The van der Waals surface area contributed by atoms with Gasteiger partial charge in [0.1, 0.15) is 23.8 Å². The van der Waals surface area contributed by atoms with Crippen LogP contribution in [0.25, 0.3) is 0 Å². The normalized spacial score (nSPS) is 18.6. The van der Waals surface area contributed by atoms with Crippen molar-refractivity contribution in [3.05, 3.63) is 111 Å². The highest BCUT2D eigenvalue weighted by Gasteiger charge is 2.40. The first-order chi connectivity index (χ1) is 18.2. The van der Waals surface area contributed by atoms with Gasteiger partial charge >= 0.3 is 0 Å². The Morgan fingerprint density at radius 1 is 1.16 bits per heavy atom. The molecular formula is C29H27F2N3O4. The Labute approximate surface area is 218 Å². The van der Waals surface area contributed by atoms with Crippen LogP contribution in [-0.2, 0) is 13.2 Å². The van der Waals surface area contributed by atoms with Crippen LogP contribution in [0.4, 0.5) is 8.78 Å². The zero-order valence-electron chi connectivity index (χ0n) is 20.9. The van der Waals surface area contributed by atoms with Crippen molar-refractivity contribution in [1.82, 2.24) is 14.8 Å². The van der Waals surface area contributed by atoms with Crippen molar-refractivity contribution < 1.29 is 23.1 Å². The second-order valence-electron chi connectivity index (χ2n) is 9.67. The Morgan fingerprint density at radius 3 is 2.66 bits per heavy atom. The van der Waals surface area contributed by atoms with Crippen molar-refractivity contribution >= 4 is 11.8 Å². The van der Waals surface area contributed by atoms with Gasteiger partial charge in [-0.2, -0.15) is 0 Å². The van der Waals surface area contributed by atoms with Crippen LogP contribution in [0.2, 0.25) is 0 Å². The Hall–Kier alpha value is -4.27. The highest BCUT2D eigenvalue weighted by Crippen LogP contribution is 2.37. The number of benzene rings is 2. The summed E-state index contributed by atoms with van der Waals surface area (Å²) in [5, 5.41) is 2.53. The summed E-state index contributed by atoms with van der Waals surface area (Å²) < 4.78 is 34.9. The zero-order chi connectivity index (χ0) is 27.0. The minimum atomic E-state index is -0.811. The first kappa shape index (κ1) is 25.4. The minimum absolute atomic E-state index is 0.0173. The minimum Gasteiger partial charge on any atom is -0.483 e. The van der Waals surface area contributed by atoms with Crippen molar-refractivity contribution in [3.63, 3.8) is 0 Å². The Bertz CT molecular complexity index is 1490. The predicted octanol–water partition coefficient (Wildman–Crippen LogP) is 4.37. The van der Waals surface area contributed by atoms with Crippen LogP contribution in [0.5, 0.6) is 5.75 Å². The average Bonchev–Trinajstić information content (AvgIpc) is 3.03. The number of carbonyl (C=O) groups excluding carboxylic acids is 2. The maximum absolute atomic E-state index is 14.1. The lowest BCUT2D eigenvalue weighted by Gasteiger charge is -2.37. The van der Waals surface area contributed by atoms with E-state index in [0.717, 1.165) is 29.7 Å². The van der Waals surface area contributed by atoms with Gasteiger partial charge in [-0.3, -0.25) is 14.4 Å². The van der Waals surface area contributed by atoms with Crippen LogP contribution in [0.1, 0.15) is 57.8 Å². The third kappa shape index (κ3) is 4.71. The molecule has 2 aliphatic rings. The molecular weight excluding hydrogens is 492 g/mol. The fourth-order valence-electron chi connectivity index (χ4n) is 4.94. The van der Waals surface area contributed by atoms with E-state index in [4.69, 9.17) is 4.74 Å². The quantitative estimate of drug-likeness (QED) is 0.491. The highest BCUT2D eigenvalue weighted by molar-refractivity contribution is 5.99. The zero-order valence-corrected chi connectivity index (χ0v) is 20.9. The van der Waals surface area contributed by atoms with Crippen LogP contribution >= 0.6 is 0 Å². The number of carbonyl (C=O) groups is 2. The monoisotopic (exact) mass is 519 g/mol. The third-order valence-corrected chi connectivity index (χ3v) is 7.17. The highest BCUT2D eigenvalue weighted by atomic mass is 19.1. The average molecular weight is 520 g/mol. The lowest BCUT2D eigenvalue weighted by Crippen LogP contribution is -2.48. The summed E-state index contributed by atoms with van der Waals surface area (Å²) in [5.74, 6) is -2.86. The van der Waals surface area contributed by atoms with E-state index in [-0.39, 0.29) is 53.7 Å². The molecule has 2 amide bonds. The van der Waals surface area contributed by atoms with Gasteiger partial charge in [-0.25, -0.2) is 8.78 Å². The van der Waals surface area contributed by atoms with Gasteiger partial charge in [0.25, 0.3) is 11.8 Å². The number of halogens is 2. The van der Waals surface area contributed by atoms with Gasteiger partial charge in [0, 0.05) is 37.0 Å². The van der Waals surface area contributed by atoms with Crippen LogP contribution in [0.3, 0.4) is 0 Å². The summed E-state index contributed by atoms with van der Waals surface area (Å²) in [5.41, 5.74) is 0.825. The SMILES string of the molecule is C=C1CCC(C)N2C[C@H]1n1cc(C(=O)NCc3ccc(F)cc3F)c(=O)c(OCc3ccccc3)c1C2=O. The molecule has 1 unspecified atom stereocenters. The summed E-state index contributed by atoms with van der Waals surface area (Å²) in [7, 11) is 0. The standard InChI is InChI=1S/C29H27F2N3O4/c1-17-8-9-18(2)33-15-24(17)34-14-22(28(36)32-13-20-10-11-21(30)12-23(20)31)26(35)27(25(34)29(33)37)38-16-19-6-4-3-5-7-19/h3-7,10-12,14,18,24H,1,8-9,13,15-16H2,2H3,(H,32,36)/t18?,24-/m1/s1. The van der Waals surface area contributed by atoms with Crippen LogP contribution < -0.4 is 15.5 Å². The maximum Gasteiger partial charge on any atom is 0.274 e. The number of rotatable bonds is 6. The molecule has 7 nitrogen and oxygen atoms in total. The Kier molecular flexibility index (Phi) is 6.84. The van der Waals surface area contributed by atoms with Gasteiger partial charge < -0.3 is 19.5 Å². The number of aromatic nitrogens is 1. The lowest BCUT2D eigenvalue weighted by atomic mass is 10.0. The van der Waals surface area contributed by atoms with E-state index in [2.05, 4.69) is 11.9 Å². The van der Waals surface area contributed by atoms with Crippen molar-refractivity contribution in [3.8, 4) is 5.75 Å². The third-order valence-electron chi connectivity index (χ3n) is 7.17. The molecule has 3 aromatic rings. The van der Waals surface area contributed by atoms with Gasteiger partial charge in [0.05, 0.1) is 6.04 Å². The topological polar surface area (TPSA) is 80.6 Å². The molecule has 2 aliphatic heterocycles. The molecule has 1 fully saturated rings. The van der Waals surface area contributed by atoms with E-state index in [0.29, 0.717) is 13.0 Å². The molecule has 0 aliphatic carbocycles. The molecule has 3 heterocycles. The number of hydrogen-bond donors (Lipinski definition) is 1. The number of nitrogens with zero attached hydrogens (tertiary/aromatic N) is 2. The molecule has 0 radical (unpaired) electrons. The van der Waals surface area contributed by atoms with E-state index in [1.807, 2.05) is 37.3 Å². The molecule has 1 N–H and O–H groups in total. The molecule has 38 heavy (non-hydrogen) atoms. The molecule has 1 saturated heterocycles. The van der Waals surface area contributed by atoms with Crippen molar-refractivity contribution in [2.45, 2.75) is 45.0 Å². The summed E-state index contributed by atoms with van der Waals surface area (Å²) in [6, 6.07) is 11.8. The second-order valence-corrected chi connectivity index (χ2v) is 9.67. The van der Waals surface area contributed by atoms with E-state index in [9.17, 15) is 23.2 Å². The number of fused-ring (bicyclic) bond motifs is 4. The van der Waals surface area contributed by atoms with Gasteiger partial charge in [0.15, 0.2) is 11.4 Å². The van der Waals surface area contributed by atoms with E-state index >= 15 is 0 Å². The van der Waals surface area contributed by atoms with Gasteiger partial charge in [0.2, 0.25) is 5.43 Å². The number of amides is 2. The number of ether oxygens (including phenoxy) is 1. The number of hydrogen-bond acceptors (Lipinski definition) is 4. The maximum atomic E-state index is 14.1. The number of nitrogens with one attached hydrogen (secondary N) is 1. The summed E-state index contributed by atoms with van der Waals surface area (Å²) >= 11 is 0. The van der Waals surface area contributed by atoms with E-state index in [1.54, 1.807) is 9.47 Å². The van der Waals surface area contributed by atoms with E-state index in [1.165, 1.54) is 12.3 Å². The molecule has 196 valence electrons. The lowest BCUT2D eigenvalue weighted by molar-refractivity contribution is 0.0611. The summed E-state index contributed by atoms with van der Waals surface area (Å²) in [6.07, 6.45) is 2.79.